The molecule has 0 saturated carbocycles. The van der Waals surface area contributed by atoms with E-state index in [0.29, 0.717) is 6.04 Å². The van der Waals surface area contributed by atoms with Crippen LogP contribution in [0.25, 0.3) is 0 Å². The van der Waals surface area contributed by atoms with E-state index in [1.54, 1.807) is 0 Å². The zero-order valence-corrected chi connectivity index (χ0v) is 7.74. The monoisotopic (exact) mass is 180 g/mol. The maximum Gasteiger partial charge on any atom is 0.0945 e. The van der Waals surface area contributed by atoms with E-state index >= 15 is 0 Å². The lowest BCUT2D eigenvalue weighted by molar-refractivity contribution is 0.382. The standard InChI is InChI=1S/C9H16N4/c1(5-13-6-4-11-8-13)9-7-10-2-3-12-9/h4,6,8-10,12H,1-3,5,7H2. The summed E-state index contributed by atoms with van der Waals surface area (Å²) in [5.41, 5.74) is 0. The topological polar surface area (TPSA) is 41.9 Å². The first-order valence-electron chi connectivity index (χ1n) is 4.85. The maximum atomic E-state index is 4.01. The van der Waals surface area contributed by atoms with Crippen LogP contribution < -0.4 is 10.6 Å². The molecule has 13 heavy (non-hydrogen) atoms. The Kier molecular flexibility index (Phi) is 2.94. The molecule has 4 nitrogen and oxygen atoms in total. The van der Waals surface area contributed by atoms with Crippen LogP contribution in [0.2, 0.25) is 0 Å². The number of hydrogen-bond acceptors (Lipinski definition) is 3. The van der Waals surface area contributed by atoms with Gasteiger partial charge in [0.2, 0.25) is 0 Å². The summed E-state index contributed by atoms with van der Waals surface area (Å²) in [5, 5.41) is 6.86. The van der Waals surface area contributed by atoms with Crippen molar-refractivity contribution in [2.75, 3.05) is 19.6 Å². The minimum Gasteiger partial charge on any atom is -0.337 e. The number of nitrogens with one attached hydrogen (secondary N) is 2. The van der Waals surface area contributed by atoms with Crippen LogP contribution in [0.3, 0.4) is 0 Å². The van der Waals surface area contributed by atoms with Crippen LogP contribution in [0.4, 0.5) is 0 Å². The molecule has 0 radical (unpaired) electrons. The van der Waals surface area contributed by atoms with E-state index in [2.05, 4.69) is 20.2 Å². The van der Waals surface area contributed by atoms with E-state index in [-0.39, 0.29) is 0 Å². The Bertz CT molecular complexity index is 226. The fourth-order valence-corrected chi connectivity index (χ4v) is 1.64. The van der Waals surface area contributed by atoms with Gasteiger partial charge in [0.05, 0.1) is 6.33 Å². The van der Waals surface area contributed by atoms with Gasteiger partial charge in [0, 0.05) is 44.6 Å². The number of piperazine rings is 1. The molecule has 1 fully saturated rings. The number of aromatic nitrogens is 2. The molecule has 1 saturated heterocycles. The second kappa shape index (κ2) is 4.39. The van der Waals surface area contributed by atoms with Gasteiger partial charge in [-0.1, -0.05) is 0 Å². The largest absolute Gasteiger partial charge is 0.337 e. The normalized spacial score (nSPS) is 23.2. The van der Waals surface area contributed by atoms with Crippen LogP contribution in [0.15, 0.2) is 18.7 Å². The fourth-order valence-electron chi connectivity index (χ4n) is 1.64. The molecule has 1 aromatic heterocycles. The van der Waals surface area contributed by atoms with Gasteiger partial charge >= 0.3 is 0 Å². The molecule has 4 heteroatoms. The molecule has 1 unspecified atom stereocenters. The van der Waals surface area contributed by atoms with Gasteiger partial charge < -0.3 is 15.2 Å². The predicted octanol–water partition coefficient (Wildman–Crippen LogP) is -0.165. The van der Waals surface area contributed by atoms with Crippen molar-refractivity contribution in [3.8, 4) is 0 Å². The lowest BCUT2D eigenvalue weighted by atomic mass is 10.1. The van der Waals surface area contributed by atoms with Gasteiger partial charge in [-0.05, 0) is 6.42 Å². The Morgan fingerprint density at radius 3 is 3.15 bits per heavy atom. The van der Waals surface area contributed by atoms with Crippen molar-refractivity contribution in [3.63, 3.8) is 0 Å². The minimum absolute atomic E-state index is 0.621. The summed E-state index contributed by atoms with van der Waals surface area (Å²) < 4.78 is 2.12. The summed E-state index contributed by atoms with van der Waals surface area (Å²) >= 11 is 0. The van der Waals surface area contributed by atoms with Crippen molar-refractivity contribution in [1.82, 2.24) is 20.2 Å². The average Bonchev–Trinajstić information content (AvgIpc) is 2.69. The van der Waals surface area contributed by atoms with Crippen molar-refractivity contribution in [2.24, 2.45) is 0 Å². The molecule has 0 amide bonds. The summed E-state index contributed by atoms with van der Waals surface area (Å²) in [6.07, 6.45) is 6.88. The van der Waals surface area contributed by atoms with E-state index in [1.165, 1.54) is 6.42 Å². The number of imidazole rings is 1. The van der Waals surface area contributed by atoms with E-state index in [9.17, 15) is 0 Å². The molecule has 0 aromatic carbocycles. The first-order chi connectivity index (χ1) is 6.45. The Hall–Kier alpha value is -0.870. The predicted molar refractivity (Wildman–Crippen MR) is 51.5 cm³/mol. The lowest BCUT2D eigenvalue weighted by Gasteiger charge is -2.24. The molecule has 1 aliphatic rings. The molecule has 0 aliphatic carbocycles. The van der Waals surface area contributed by atoms with Crippen molar-refractivity contribution in [1.29, 1.82) is 0 Å². The van der Waals surface area contributed by atoms with Crippen molar-refractivity contribution in [2.45, 2.75) is 19.0 Å². The first-order valence-corrected chi connectivity index (χ1v) is 4.85. The van der Waals surface area contributed by atoms with Crippen molar-refractivity contribution < 1.29 is 0 Å². The Morgan fingerprint density at radius 1 is 1.46 bits per heavy atom. The number of hydrogen-bond donors (Lipinski definition) is 2. The highest BCUT2D eigenvalue weighted by Crippen LogP contribution is 1.97. The fraction of sp³-hybridized carbons (Fsp3) is 0.667. The van der Waals surface area contributed by atoms with Gasteiger partial charge in [0.1, 0.15) is 0 Å². The molecule has 2 heterocycles. The Balaban J connectivity index is 1.72. The second-order valence-electron chi connectivity index (χ2n) is 3.44. The summed E-state index contributed by atoms with van der Waals surface area (Å²) in [5.74, 6) is 0. The minimum atomic E-state index is 0.621. The number of nitrogens with zero attached hydrogens (tertiary/aromatic N) is 2. The first kappa shape index (κ1) is 8.72. The Labute approximate surface area is 78.4 Å². The summed E-state index contributed by atoms with van der Waals surface area (Å²) in [7, 11) is 0. The molecule has 72 valence electrons. The lowest BCUT2D eigenvalue weighted by Crippen LogP contribution is -2.48. The van der Waals surface area contributed by atoms with Gasteiger partial charge in [-0.3, -0.25) is 0 Å². The Morgan fingerprint density at radius 2 is 2.46 bits per heavy atom. The quantitative estimate of drug-likeness (QED) is 0.679. The van der Waals surface area contributed by atoms with Crippen LogP contribution in [0, 0.1) is 0 Å². The van der Waals surface area contributed by atoms with E-state index < -0.39 is 0 Å². The molecule has 2 N–H and O–H groups in total. The molecule has 1 aliphatic heterocycles. The van der Waals surface area contributed by atoms with E-state index in [1.807, 2.05) is 18.7 Å². The van der Waals surface area contributed by atoms with Crippen molar-refractivity contribution >= 4 is 0 Å². The molecular formula is C9H16N4. The van der Waals surface area contributed by atoms with Gasteiger partial charge in [-0.2, -0.15) is 0 Å². The smallest absolute Gasteiger partial charge is 0.0945 e. The zero-order chi connectivity index (χ0) is 8.93. The highest BCUT2D eigenvalue weighted by atomic mass is 15.1. The third kappa shape index (κ3) is 2.54. The molecule has 1 aromatic rings. The average molecular weight is 180 g/mol. The van der Waals surface area contributed by atoms with Gasteiger partial charge in [-0.15, -0.1) is 0 Å². The van der Waals surface area contributed by atoms with Crippen LogP contribution in [0.1, 0.15) is 6.42 Å². The number of aryl methyl sites for hydroxylation is 1. The zero-order valence-electron chi connectivity index (χ0n) is 7.74. The van der Waals surface area contributed by atoms with Gasteiger partial charge in [0.25, 0.3) is 0 Å². The van der Waals surface area contributed by atoms with Gasteiger partial charge in [0.15, 0.2) is 0 Å². The summed E-state index contributed by atoms with van der Waals surface area (Å²) in [4.78, 5) is 4.01. The second-order valence-corrected chi connectivity index (χ2v) is 3.44. The third-order valence-corrected chi connectivity index (χ3v) is 2.42. The summed E-state index contributed by atoms with van der Waals surface area (Å²) in [6, 6.07) is 0.621. The molecular weight excluding hydrogens is 164 g/mol. The molecule has 2 rings (SSSR count). The molecule has 1 atom stereocenters. The van der Waals surface area contributed by atoms with Crippen LogP contribution in [-0.4, -0.2) is 35.2 Å². The van der Waals surface area contributed by atoms with Crippen LogP contribution in [0.5, 0.6) is 0 Å². The number of rotatable bonds is 3. The highest BCUT2D eigenvalue weighted by Gasteiger charge is 2.10. The summed E-state index contributed by atoms with van der Waals surface area (Å²) in [6.45, 7) is 4.34. The van der Waals surface area contributed by atoms with E-state index in [4.69, 9.17) is 0 Å². The third-order valence-electron chi connectivity index (χ3n) is 2.42. The maximum absolute atomic E-state index is 4.01. The van der Waals surface area contributed by atoms with Crippen LogP contribution >= 0.6 is 0 Å². The van der Waals surface area contributed by atoms with E-state index in [0.717, 1.165) is 26.2 Å². The SMILES string of the molecule is c1cn(CCC2CNCCN2)cn1. The highest BCUT2D eigenvalue weighted by molar-refractivity contribution is 4.78. The molecule has 0 spiro atoms. The van der Waals surface area contributed by atoms with Crippen LogP contribution in [-0.2, 0) is 6.54 Å². The molecule has 0 bridgehead atoms. The van der Waals surface area contributed by atoms with Crippen molar-refractivity contribution in [3.05, 3.63) is 18.7 Å². The van der Waals surface area contributed by atoms with Gasteiger partial charge in [-0.25, -0.2) is 4.98 Å².